The van der Waals surface area contributed by atoms with Crippen molar-refractivity contribution in [2.75, 3.05) is 11.0 Å². The second-order valence-corrected chi connectivity index (χ2v) is 9.00. The van der Waals surface area contributed by atoms with E-state index in [2.05, 4.69) is 4.72 Å². The van der Waals surface area contributed by atoms with E-state index in [-0.39, 0.29) is 24.3 Å². The lowest BCUT2D eigenvalue weighted by Gasteiger charge is -2.33. The summed E-state index contributed by atoms with van der Waals surface area (Å²) in [5.41, 5.74) is 1.05. The van der Waals surface area contributed by atoms with Gasteiger partial charge in [-0.05, 0) is 42.9 Å². The Bertz CT molecular complexity index is 808. The second-order valence-electron chi connectivity index (χ2n) is 7.25. The average Bonchev–Trinajstić information content (AvgIpc) is 2.93. The highest BCUT2D eigenvalue weighted by atomic mass is 32.2. The first-order chi connectivity index (χ1) is 12.2. The van der Waals surface area contributed by atoms with Gasteiger partial charge in [0.2, 0.25) is 15.9 Å². The summed E-state index contributed by atoms with van der Waals surface area (Å²) in [5, 5.41) is 9.55. The van der Waals surface area contributed by atoms with Crippen molar-refractivity contribution < 1.29 is 23.1 Å². The van der Waals surface area contributed by atoms with E-state index < -0.39 is 22.0 Å². The van der Waals surface area contributed by atoms with E-state index in [1.54, 1.807) is 29.2 Å². The van der Waals surface area contributed by atoms with Gasteiger partial charge in [0, 0.05) is 11.7 Å². The third kappa shape index (κ3) is 4.17. The number of aliphatic carboxylic acids is 1. The molecule has 1 saturated carbocycles. The van der Waals surface area contributed by atoms with Crippen molar-refractivity contribution in [2.24, 2.45) is 5.92 Å². The SMILES string of the molecule is CS(=O)(=O)Nc1cccc(CC(=O)N2C(C(=O)O)CC3CCCCC32)c1. The smallest absolute Gasteiger partial charge is 0.326 e. The summed E-state index contributed by atoms with van der Waals surface area (Å²) in [4.78, 5) is 26.1. The molecule has 2 N–H and O–H groups in total. The molecule has 0 bridgehead atoms. The van der Waals surface area contributed by atoms with Crippen molar-refractivity contribution in [1.82, 2.24) is 4.90 Å². The van der Waals surface area contributed by atoms with Gasteiger partial charge in [0.05, 0.1) is 12.7 Å². The fraction of sp³-hybridized carbons (Fsp3) is 0.556. The molecule has 2 fully saturated rings. The van der Waals surface area contributed by atoms with E-state index in [9.17, 15) is 23.1 Å². The monoisotopic (exact) mass is 380 g/mol. The number of nitrogens with zero attached hydrogens (tertiary/aromatic N) is 1. The minimum absolute atomic E-state index is 0.00896. The molecular weight excluding hydrogens is 356 g/mol. The average molecular weight is 380 g/mol. The molecule has 1 heterocycles. The largest absolute Gasteiger partial charge is 0.480 e. The molecule has 1 aromatic carbocycles. The summed E-state index contributed by atoms with van der Waals surface area (Å²) in [6.45, 7) is 0. The first-order valence-electron chi connectivity index (χ1n) is 8.85. The molecule has 26 heavy (non-hydrogen) atoms. The summed E-state index contributed by atoms with van der Waals surface area (Å²) >= 11 is 0. The van der Waals surface area contributed by atoms with Crippen LogP contribution in [0.25, 0.3) is 0 Å². The molecule has 3 rings (SSSR count). The van der Waals surface area contributed by atoms with Gasteiger partial charge in [0.1, 0.15) is 6.04 Å². The lowest BCUT2D eigenvalue weighted by Crippen LogP contribution is -2.46. The first kappa shape index (κ1) is 18.7. The van der Waals surface area contributed by atoms with E-state index in [0.29, 0.717) is 17.7 Å². The number of rotatable bonds is 5. The molecule has 142 valence electrons. The third-order valence-electron chi connectivity index (χ3n) is 5.25. The van der Waals surface area contributed by atoms with Crippen LogP contribution in [-0.2, 0) is 26.0 Å². The fourth-order valence-electron chi connectivity index (χ4n) is 4.26. The molecule has 3 unspecified atom stereocenters. The van der Waals surface area contributed by atoms with Gasteiger partial charge in [-0.1, -0.05) is 25.0 Å². The Kier molecular flexibility index (Phi) is 5.22. The van der Waals surface area contributed by atoms with Crippen LogP contribution in [0.2, 0.25) is 0 Å². The Morgan fingerprint density at radius 1 is 1.27 bits per heavy atom. The number of hydrogen-bond donors (Lipinski definition) is 2. The van der Waals surface area contributed by atoms with E-state index in [1.807, 2.05) is 0 Å². The molecular formula is C18H24N2O5S. The Hall–Kier alpha value is -2.09. The number of carboxylic acids is 1. The number of sulfonamides is 1. The van der Waals surface area contributed by atoms with Crippen LogP contribution in [-0.4, -0.2) is 48.6 Å². The molecule has 1 saturated heterocycles. The third-order valence-corrected chi connectivity index (χ3v) is 5.85. The van der Waals surface area contributed by atoms with Gasteiger partial charge >= 0.3 is 5.97 Å². The molecule has 3 atom stereocenters. The minimum atomic E-state index is -3.40. The maximum Gasteiger partial charge on any atom is 0.326 e. The van der Waals surface area contributed by atoms with Crippen molar-refractivity contribution in [1.29, 1.82) is 0 Å². The summed E-state index contributed by atoms with van der Waals surface area (Å²) in [6.07, 6.45) is 5.60. The summed E-state index contributed by atoms with van der Waals surface area (Å²) in [7, 11) is -3.40. The van der Waals surface area contributed by atoms with Crippen LogP contribution in [0, 0.1) is 5.92 Å². The topological polar surface area (TPSA) is 104 Å². The van der Waals surface area contributed by atoms with Gasteiger partial charge < -0.3 is 10.0 Å². The van der Waals surface area contributed by atoms with E-state index >= 15 is 0 Å². The number of anilines is 1. The number of amides is 1. The number of carboxylic acid groups (broad SMARTS) is 1. The molecule has 1 aliphatic heterocycles. The van der Waals surface area contributed by atoms with Crippen molar-refractivity contribution in [3.8, 4) is 0 Å². The fourth-order valence-corrected chi connectivity index (χ4v) is 4.82. The van der Waals surface area contributed by atoms with Gasteiger partial charge in [0.15, 0.2) is 0 Å². The van der Waals surface area contributed by atoms with Crippen molar-refractivity contribution in [3.63, 3.8) is 0 Å². The normalized spacial score (nSPS) is 25.6. The van der Waals surface area contributed by atoms with Gasteiger partial charge in [-0.3, -0.25) is 9.52 Å². The van der Waals surface area contributed by atoms with E-state index in [1.165, 1.54) is 0 Å². The number of fused-ring (bicyclic) bond motifs is 1. The predicted molar refractivity (Wildman–Crippen MR) is 97.2 cm³/mol. The van der Waals surface area contributed by atoms with E-state index in [0.717, 1.165) is 31.9 Å². The van der Waals surface area contributed by atoms with Crippen LogP contribution in [0.5, 0.6) is 0 Å². The quantitative estimate of drug-likeness (QED) is 0.811. The number of hydrogen-bond acceptors (Lipinski definition) is 4. The highest BCUT2D eigenvalue weighted by molar-refractivity contribution is 7.92. The van der Waals surface area contributed by atoms with Crippen molar-refractivity contribution >= 4 is 27.6 Å². The van der Waals surface area contributed by atoms with Crippen molar-refractivity contribution in [2.45, 2.75) is 50.6 Å². The zero-order chi connectivity index (χ0) is 18.9. The standard InChI is InChI=1S/C18H24N2O5S/c1-26(24,25)19-14-7-4-5-12(9-14)10-17(21)20-15-8-3-2-6-13(15)11-16(20)18(22)23/h4-5,7,9,13,15-16,19H,2-3,6,8,10-11H2,1H3,(H,22,23). The maximum atomic E-state index is 12.9. The molecule has 1 aromatic rings. The predicted octanol–water partition coefficient (Wildman–Crippen LogP) is 1.84. The van der Waals surface area contributed by atoms with Crippen LogP contribution in [0.1, 0.15) is 37.7 Å². The zero-order valence-electron chi connectivity index (χ0n) is 14.7. The minimum Gasteiger partial charge on any atom is -0.480 e. The molecule has 0 radical (unpaired) electrons. The van der Waals surface area contributed by atoms with Crippen LogP contribution in [0.4, 0.5) is 5.69 Å². The number of nitrogens with one attached hydrogen (secondary N) is 1. The Labute approximate surface area is 153 Å². The van der Waals surface area contributed by atoms with Gasteiger partial charge in [-0.15, -0.1) is 0 Å². The summed E-state index contributed by atoms with van der Waals surface area (Å²) in [6, 6.07) is 5.90. The zero-order valence-corrected chi connectivity index (χ0v) is 15.5. The Morgan fingerprint density at radius 2 is 2.00 bits per heavy atom. The summed E-state index contributed by atoms with van der Waals surface area (Å²) in [5.74, 6) is -0.879. The number of carbonyl (C=O) groups excluding carboxylic acids is 1. The van der Waals surface area contributed by atoms with Crippen LogP contribution >= 0.6 is 0 Å². The Balaban J connectivity index is 1.78. The molecule has 2 aliphatic rings. The van der Waals surface area contributed by atoms with Gasteiger partial charge in [-0.25, -0.2) is 13.2 Å². The molecule has 7 nitrogen and oxygen atoms in total. The molecule has 0 spiro atoms. The molecule has 0 aromatic heterocycles. The van der Waals surface area contributed by atoms with Crippen LogP contribution < -0.4 is 4.72 Å². The number of benzene rings is 1. The van der Waals surface area contributed by atoms with E-state index in [4.69, 9.17) is 0 Å². The van der Waals surface area contributed by atoms with Gasteiger partial charge in [-0.2, -0.15) is 0 Å². The van der Waals surface area contributed by atoms with Crippen LogP contribution in [0.15, 0.2) is 24.3 Å². The molecule has 1 aliphatic carbocycles. The number of carbonyl (C=O) groups is 2. The second kappa shape index (κ2) is 7.26. The van der Waals surface area contributed by atoms with Crippen LogP contribution in [0.3, 0.4) is 0 Å². The van der Waals surface area contributed by atoms with Crippen molar-refractivity contribution in [3.05, 3.63) is 29.8 Å². The highest BCUT2D eigenvalue weighted by Crippen LogP contribution is 2.40. The highest BCUT2D eigenvalue weighted by Gasteiger charge is 2.47. The lowest BCUT2D eigenvalue weighted by molar-refractivity contribution is -0.149. The Morgan fingerprint density at radius 3 is 2.69 bits per heavy atom. The molecule has 8 heteroatoms. The first-order valence-corrected chi connectivity index (χ1v) is 10.7. The maximum absolute atomic E-state index is 12.9. The van der Waals surface area contributed by atoms with Gasteiger partial charge in [0.25, 0.3) is 0 Å². The number of likely N-dealkylation sites (tertiary alicyclic amines) is 1. The molecule has 1 amide bonds. The summed E-state index contributed by atoms with van der Waals surface area (Å²) < 4.78 is 25.1. The lowest BCUT2D eigenvalue weighted by atomic mass is 9.84.